The Morgan fingerprint density at radius 3 is 2.83 bits per heavy atom. The molecule has 1 heterocycles. The summed E-state index contributed by atoms with van der Waals surface area (Å²) in [4.78, 5) is 16.4. The molecule has 0 saturated heterocycles. The van der Waals surface area contributed by atoms with Crippen molar-refractivity contribution < 1.29 is 19.0 Å². The maximum absolute atomic E-state index is 12.1. The van der Waals surface area contributed by atoms with Gasteiger partial charge in [0, 0.05) is 5.56 Å². The monoisotopic (exact) mass is 311 g/mol. The van der Waals surface area contributed by atoms with Crippen molar-refractivity contribution in [3.63, 3.8) is 0 Å². The van der Waals surface area contributed by atoms with E-state index in [1.165, 1.54) is 0 Å². The number of nitrogens with zero attached hydrogens (tertiary/aromatic N) is 1. The Morgan fingerprint density at radius 2 is 2.04 bits per heavy atom. The molecule has 0 fully saturated rings. The lowest BCUT2D eigenvalue weighted by molar-refractivity contribution is -0.146. The lowest BCUT2D eigenvalue weighted by Crippen LogP contribution is -2.22. The number of hydrogen-bond donors (Lipinski definition) is 0. The number of benzene rings is 2. The molecular formula is C18H17NO4. The fourth-order valence-electron chi connectivity index (χ4n) is 2.23. The molecule has 0 spiro atoms. The maximum Gasteiger partial charge on any atom is 0.334 e. The largest absolute Gasteiger partial charge is 0.497 e. The quantitative estimate of drug-likeness (QED) is 0.796. The normalized spacial score (nSPS) is 16.4. The first-order valence-corrected chi connectivity index (χ1v) is 7.32. The molecule has 3 rings (SSSR count). The van der Waals surface area contributed by atoms with Crippen LogP contribution in [0.1, 0.15) is 11.1 Å². The van der Waals surface area contributed by atoms with Crippen LogP contribution < -0.4 is 4.74 Å². The molecular weight excluding hydrogens is 294 g/mol. The highest BCUT2D eigenvalue weighted by molar-refractivity contribution is 5.97. The zero-order chi connectivity index (χ0) is 16.1. The Bertz CT molecular complexity index is 712. The van der Waals surface area contributed by atoms with E-state index in [0.29, 0.717) is 11.6 Å². The third kappa shape index (κ3) is 3.69. The minimum absolute atomic E-state index is 0.195. The third-order valence-electron chi connectivity index (χ3n) is 3.46. The van der Waals surface area contributed by atoms with Gasteiger partial charge in [-0.1, -0.05) is 36.4 Å². The summed E-state index contributed by atoms with van der Waals surface area (Å²) in [6.07, 6.45) is 0. The van der Waals surface area contributed by atoms with Gasteiger partial charge in [-0.2, -0.15) is 0 Å². The molecule has 0 bridgehead atoms. The summed E-state index contributed by atoms with van der Waals surface area (Å²) in [5, 5.41) is 0. The Balaban J connectivity index is 1.63. The Hall–Kier alpha value is -2.82. The Labute approximate surface area is 134 Å². The number of rotatable bonds is 5. The van der Waals surface area contributed by atoms with Crippen LogP contribution in [-0.4, -0.2) is 31.6 Å². The van der Waals surface area contributed by atoms with Crippen molar-refractivity contribution in [2.24, 2.45) is 4.99 Å². The van der Waals surface area contributed by atoms with E-state index in [9.17, 15) is 4.79 Å². The fraction of sp³-hybridized carbons (Fsp3) is 0.222. The van der Waals surface area contributed by atoms with Crippen molar-refractivity contribution in [2.75, 3.05) is 13.7 Å². The minimum atomic E-state index is -0.625. The second-order valence-electron chi connectivity index (χ2n) is 5.09. The molecule has 5 heteroatoms. The van der Waals surface area contributed by atoms with Gasteiger partial charge in [0.2, 0.25) is 5.90 Å². The average Bonchev–Trinajstić information content (AvgIpc) is 3.11. The van der Waals surface area contributed by atoms with Crippen LogP contribution in [0.2, 0.25) is 0 Å². The Kier molecular flexibility index (Phi) is 4.57. The molecule has 0 aliphatic carbocycles. The van der Waals surface area contributed by atoms with Crippen molar-refractivity contribution in [3.05, 3.63) is 65.7 Å². The van der Waals surface area contributed by atoms with Crippen molar-refractivity contribution in [1.29, 1.82) is 0 Å². The lowest BCUT2D eigenvalue weighted by atomic mass is 10.2. The van der Waals surface area contributed by atoms with Crippen LogP contribution in [0.15, 0.2) is 59.6 Å². The molecule has 23 heavy (non-hydrogen) atoms. The van der Waals surface area contributed by atoms with Crippen LogP contribution in [0, 0.1) is 0 Å². The molecule has 0 saturated carbocycles. The van der Waals surface area contributed by atoms with Crippen LogP contribution >= 0.6 is 0 Å². The zero-order valence-corrected chi connectivity index (χ0v) is 12.8. The second kappa shape index (κ2) is 6.96. The zero-order valence-electron chi connectivity index (χ0n) is 12.8. The van der Waals surface area contributed by atoms with E-state index in [1.54, 1.807) is 7.11 Å². The maximum atomic E-state index is 12.1. The summed E-state index contributed by atoms with van der Waals surface area (Å²) in [5.41, 5.74) is 1.72. The van der Waals surface area contributed by atoms with Crippen LogP contribution in [0.5, 0.6) is 5.75 Å². The van der Waals surface area contributed by atoms with Gasteiger partial charge in [0.1, 0.15) is 19.0 Å². The van der Waals surface area contributed by atoms with Gasteiger partial charge in [-0.25, -0.2) is 9.79 Å². The number of methoxy groups -OCH3 is 1. The number of aliphatic imine (C=N–C) groups is 1. The highest BCUT2D eigenvalue weighted by Gasteiger charge is 2.28. The van der Waals surface area contributed by atoms with Gasteiger partial charge in [0.25, 0.3) is 0 Å². The molecule has 0 unspecified atom stereocenters. The van der Waals surface area contributed by atoms with Gasteiger partial charge in [-0.05, 0) is 23.8 Å². The molecule has 0 N–H and O–H groups in total. The predicted molar refractivity (Wildman–Crippen MR) is 85.5 cm³/mol. The van der Waals surface area contributed by atoms with E-state index in [1.807, 2.05) is 54.6 Å². The van der Waals surface area contributed by atoms with Crippen molar-refractivity contribution >= 4 is 11.9 Å². The Morgan fingerprint density at radius 1 is 1.22 bits per heavy atom. The van der Waals surface area contributed by atoms with Gasteiger partial charge in [-0.3, -0.25) is 0 Å². The summed E-state index contributed by atoms with van der Waals surface area (Å²) in [6.45, 7) is 0.431. The number of carbonyl (C=O) groups is 1. The number of ether oxygens (including phenoxy) is 3. The van der Waals surface area contributed by atoms with E-state index in [2.05, 4.69) is 4.99 Å². The minimum Gasteiger partial charge on any atom is -0.497 e. The molecule has 1 aliphatic heterocycles. The highest BCUT2D eigenvalue weighted by Crippen LogP contribution is 2.18. The van der Waals surface area contributed by atoms with Gasteiger partial charge in [-0.15, -0.1) is 0 Å². The number of hydrogen-bond acceptors (Lipinski definition) is 5. The van der Waals surface area contributed by atoms with Crippen LogP contribution in [0.25, 0.3) is 0 Å². The summed E-state index contributed by atoms with van der Waals surface area (Å²) < 4.78 is 16.0. The molecule has 0 amide bonds. The van der Waals surface area contributed by atoms with Gasteiger partial charge in [0.15, 0.2) is 6.04 Å². The molecule has 2 aromatic carbocycles. The lowest BCUT2D eigenvalue weighted by Gasteiger charge is -2.06. The van der Waals surface area contributed by atoms with Crippen LogP contribution in [0.4, 0.5) is 0 Å². The van der Waals surface area contributed by atoms with Crippen LogP contribution in [0.3, 0.4) is 0 Å². The molecule has 0 aromatic heterocycles. The first-order chi connectivity index (χ1) is 11.3. The summed E-state index contributed by atoms with van der Waals surface area (Å²) >= 11 is 0. The van der Waals surface area contributed by atoms with E-state index < -0.39 is 6.04 Å². The predicted octanol–water partition coefficient (Wildman–Crippen LogP) is 2.58. The van der Waals surface area contributed by atoms with E-state index in [4.69, 9.17) is 14.2 Å². The first-order valence-electron chi connectivity index (χ1n) is 7.32. The SMILES string of the molecule is COc1cccc(C2=N[C@H](C(=O)OCc3ccccc3)CO2)c1. The molecule has 1 atom stereocenters. The first kappa shape index (κ1) is 15.1. The van der Waals surface area contributed by atoms with Gasteiger partial charge in [0.05, 0.1) is 7.11 Å². The van der Waals surface area contributed by atoms with Gasteiger partial charge >= 0.3 is 5.97 Å². The molecule has 1 aliphatic rings. The van der Waals surface area contributed by atoms with Crippen LogP contribution in [-0.2, 0) is 20.9 Å². The average molecular weight is 311 g/mol. The summed E-state index contributed by atoms with van der Waals surface area (Å²) in [7, 11) is 1.60. The van der Waals surface area contributed by atoms with Crippen molar-refractivity contribution in [1.82, 2.24) is 0 Å². The summed E-state index contributed by atoms with van der Waals surface area (Å²) in [6, 6.07) is 16.3. The summed E-state index contributed by atoms with van der Waals surface area (Å²) in [5.74, 6) is 0.765. The number of esters is 1. The topological polar surface area (TPSA) is 57.1 Å². The molecule has 0 radical (unpaired) electrons. The smallest absolute Gasteiger partial charge is 0.334 e. The molecule has 2 aromatic rings. The highest BCUT2D eigenvalue weighted by atomic mass is 16.5. The van der Waals surface area contributed by atoms with Crippen molar-refractivity contribution in [3.8, 4) is 5.75 Å². The third-order valence-corrected chi connectivity index (χ3v) is 3.46. The second-order valence-corrected chi connectivity index (χ2v) is 5.09. The van der Waals surface area contributed by atoms with Gasteiger partial charge < -0.3 is 14.2 Å². The molecule has 5 nitrogen and oxygen atoms in total. The fourth-order valence-corrected chi connectivity index (χ4v) is 2.23. The van der Waals surface area contributed by atoms with E-state index in [-0.39, 0.29) is 19.2 Å². The van der Waals surface area contributed by atoms with E-state index in [0.717, 1.165) is 11.1 Å². The number of carbonyl (C=O) groups excluding carboxylic acids is 1. The van der Waals surface area contributed by atoms with Crippen molar-refractivity contribution in [2.45, 2.75) is 12.6 Å². The molecule has 118 valence electrons. The standard InChI is InChI=1S/C18H17NO4/c1-21-15-9-5-8-14(10-15)17-19-16(12-22-17)18(20)23-11-13-6-3-2-4-7-13/h2-10,16H,11-12H2,1H3/t16-/m0/s1. The van der Waals surface area contributed by atoms with E-state index >= 15 is 0 Å².